The second kappa shape index (κ2) is 6.46. The van der Waals surface area contributed by atoms with Crippen LogP contribution in [-0.4, -0.2) is 11.9 Å². The third-order valence-electron chi connectivity index (χ3n) is 5.14. The summed E-state index contributed by atoms with van der Waals surface area (Å²) in [6.45, 7) is 6.95. The van der Waals surface area contributed by atoms with E-state index in [1.807, 2.05) is 0 Å². The van der Waals surface area contributed by atoms with Crippen LogP contribution in [0.1, 0.15) is 63.2 Å². The third kappa shape index (κ3) is 3.96. The number of hydrogen-bond donors (Lipinski definition) is 1. The zero-order valence-electron chi connectivity index (χ0n) is 13.3. The van der Waals surface area contributed by atoms with Gasteiger partial charge in [-0.25, -0.2) is 0 Å². The molecular formula is C17H26N2O2. The summed E-state index contributed by atoms with van der Waals surface area (Å²) >= 11 is 0. The Hall–Kier alpha value is -1.58. The molecule has 1 N–H and O–H groups in total. The number of pyridine rings is 1. The molecule has 1 heterocycles. The van der Waals surface area contributed by atoms with Crippen LogP contribution >= 0.6 is 0 Å². The van der Waals surface area contributed by atoms with Crippen LogP contribution in [0.3, 0.4) is 0 Å². The maximum Gasteiger partial charge on any atom is 0.251 e. The average molecular weight is 290 g/mol. The minimum absolute atomic E-state index is 0.0752. The molecule has 0 radical (unpaired) electrons. The minimum Gasteiger partial charge on any atom is -0.619 e. The van der Waals surface area contributed by atoms with Gasteiger partial charge in [0.05, 0.1) is 5.56 Å². The number of amides is 1. The Bertz CT molecular complexity index is 474. The number of nitrogens with one attached hydrogen (secondary N) is 1. The lowest BCUT2D eigenvalue weighted by molar-refractivity contribution is -0.605. The lowest BCUT2D eigenvalue weighted by Crippen LogP contribution is -2.40. The highest BCUT2D eigenvalue weighted by atomic mass is 16.5. The first-order valence-electron chi connectivity index (χ1n) is 7.92. The topological polar surface area (TPSA) is 56.0 Å². The molecule has 0 aliphatic heterocycles. The molecule has 0 spiro atoms. The molecule has 2 rings (SSSR count). The molecule has 1 aliphatic carbocycles. The molecule has 4 heteroatoms. The Morgan fingerprint density at radius 3 is 2.38 bits per heavy atom. The second-order valence-electron chi connectivity index (χ2n) is 6.81. The van der Waals surface area contributed by atoms with Gasteiger partial charge in [0.15, 0.2) is 12.4 Å². The van der Waals surface area contributed by atoms with E-state index in [4.69, 9.17) is 0 Å². The molecule has 4 nitrogen and oxygen atoms in total. The molecule has 1 aromatic heterocycles. The van der Waals surface area contributed by atoms with Gasteiger partial charge in [-0.2, -0.15) is 4.73 Å². The van der Waals surface area contributed by atoms with Crippen molar-refractivity contribution in [2.75, 3.05) is 0 Å². The monoisotopic (exact) mass is 290 g/mol. The van der Waals surface area contributed by atoms with Gasteiger partial charge in [0.25, 0.3) is 5.91 Å². The Kier molecular flexibility index (Phi) is 4.86. The normalized spacial score (nSPS) is 22.8. The summed E-state index contributed by atoms with van der Waals surface area (Å²) in [5.41, 5.74) is 0.953. The van der Waals surface area contributed by atoms with Gasteiger partial charge in [0.2, 0.25) is 0 Å². The van der Waals surface area contributed by atoms with E-state index in [-0.39, 0.29) is 11.9 Å². The maximum absolute atomic E-state index is 12.1. The van der Waals surface area contributed by atoms with Crippen molar-refractivity contribution in [3.63, 3.8) is 0 Å². The lowest BCUT2D eigenvalue weighted by Gasteiger charge is -2.39. The van der Waals surface area contributed by atoms with E-state index >= 15 is 0 Å². The fourth-order valence-corrected chi connectivity index (χ4v) is 3.14. The number of carbonyl (C=O) groups is 1. The fraction of sp³-hybridized carbons (Fsp3) is 0.647. The summed E-state index contributed by atoms with van der Waals surface area (Å²) in [6, 6.07) is 3.39. The molecule has 0 atom stereocenters. The van der Waals surface area contributed by atoms with Crippen molar-refractivity contribution in [2.45, 2.75) is 58.9 Å². The summed E-state index contributed by atoms with van der Waals surface area (Å²) in [7, 11) is 0. The summed E-state index contributed by atoms with van der Waals surface area (Å²) in [4.78, 5) is 12.1. The third-order valence-corrected chi connectivity index (χ3v) is 5.14. The second-order valence-corrected chi connectivity index (χ2v) is 6.81. The largest absolute Gasteiger partial charge is 0.619 e. The van der Waals surface area contributed by atoms with Gasteiger partial charge in [0.1, 0.15) is 0 Å². The first kappa shape index (κ1) is 15.8. The van der Waals surface area contributed by atoms with Crippen molar-refractivity contribution in [2.24, 2.45) is 11.3 Å². The summed E-state index contributed by atoms with van der Waals surface area (Å²) in [5.74, 6) is 0.681. The smallest absolute Gasteiger partial charge is 0.251 e. The zero-order chi connectivity index (χ0) is 15.5. The van der Waals surface area contributed by atoms with Crippen LogP contribution < -0.4 is 10.0 Å². The highest BCUT2D eigenvalue weighted by Gasteiger charge is 2.32. The molecular weight excluding hydrogens is 264 g/mol. The molecule has 0 bridgehead atoms. The van der Waals surface area contributed by atoms with E-state index in [2.05, 4.69) is 26.1 Å². The molecule has 0 unspecified atom stereocenters. The number of rotatable bonds is 4. The highest BCUT2D eigenvalue weighted by Crippen LogP contribution is 2.40. The standard InChI is InChI=1S/C17H26N2O2/c1-4-17(2,3)14-5-7-15(8-6-14)18-16(20)13-9-11-19(21)12-10-13/h9-12,14-15H,4-8H2,1-3H3,(H,18,20). The molecule has 1 saturated carbocycles. The van der Waals surface area contributed by atoms with Crippen molar-refractivity contribution in [1.29, 1.82) is 0 Å². The predicted molar refractivity (Wildman–Crippen MR) is 82.7 cm³/mol. The van der Waals surface area contributed by atoms with Gasteiger partial charge in [0, 0.05) is 18.2 Å². The van der Waals surface area contributed by atoms with Crippen LogP contribution in [0.4, 0.5) is 0 Å². The van der Waals surface area contributed by atoms with Crippen LogP contribution in [0, 0.1) is 16.5 Å². The van der Waals surface area contributed by atoms with Gasteiger partial charge in [-0.1, -0.05) is 27.2 Å². The summed E-state index contributed by atoms with van der Waals surface area (Å²) < 4.78 is 0.689. The molecule has 0 saturated heterocycles. The molecule has 0 aromatic carbocycles. The van der Waals surface area contributed by atoms with Gasteiger partial charge >= 0.3 is 0 Å². The molecule has 1 amide bonds. The minimum atomic E-state index is -0.0752. The van der Waals surface area contributed by atoms with Crippen molar-refractivity contribution >= 4 is 5.91 Å². The summed E-state index contributed by atoms with van der Waals surface area (Å²) in [6.07, 6.45) is 8.38. The SMILES string of the molecule is CCC(C)(C)C1CCC(NC(=O)c2cc[n+]([O-])cc2)CC1. The van der Waals surface area contributed by atoms with E-state index in [0.29, 0.717) is 15.7 Å². The molecule has 21 heavy (non-hydrogen) atoms. The summed E-state index contributed by atoms with van der Waals surface area (Å²) in [5, 5.41) is 14.1. The first-order valence-corrected chi connectivity index (χ1v) is 7.92. The van der Waals surface area contributed by atoms with E-state index in [1.54, 1.807) is 12.1 Å². The quantitative estimate of drug-likeness (QED) is 0.684. The zero-order valence-corrected chi connectivity index (χ0v) is 13.3. The van der Waals surface area contributed by atoms with Crippen LogP contribution in [0.5, 0.6) is 0 Å². The Labute approximate surface area is 127 Å². The number of carbonyl (C=O) groups excluding carboxylic acids is 1. The first-order chi connectivity index (χ1) is 9.92. The predicted octanol–water partition coefficient (Wildman–Crippen LogP) is 3.04. The molecule has 1 fully saturated rings. The van der Waals surface area contributed by atoms with E-state index in [1.165, 1.54) is 31.7 Å². The van der Waals surface area contributed by atoms with Gasteiger partial charge in [-0.15, -0.1) is 0 Å². The highest BCUT2D eigenvalue weighted by molar-refractivity contribution is 5.94. The van der Waals surface area contributed by atoms with Gasteiger partial charge in [-0.05, 0) is 37.0 Å². The van der Waals surface area contributed by atoms with Crippen LogP contribution in [0.2, 0.25) is 0 Å². The molecule has 116 valence electrons. The van der Waals surface area contributed by atoms with Crippen molar-refractivity contribution < 1.29 is 9.52 Å². The average Bonchev–Trinajstić information content (AvgIpc) is 2.48. The van der Waals surface area contributed by atoms with Crippen molar-refractivity contribution in [3.05, 3.63) is 35.3 Å². The number of nitrogens with zero attached hydrogens (tertiary/aromatic N) is 1. The number of aromatic nitrogens is 1. The Balaban J connectivity index is 1.86. The van der Waals surface area contributed by atoms with Gasteiger partial charge < -0.3 is 10.5 Å². The maximum atomic E-state index is 12.1. The van der Waals surface area contributed by atoms with Crippen LogP contribution in [0.25, 0.3) is 0 Å². The Morgan fingerprint density at radius 1 is 1.29 bits per heavy atom. The van der Waals surface area contributed by atoms with E-state index in [9.17, 15) is 10.0 Å². The lowest BCUT2D eigenvalue weighted by atomic mass is 9.69. The molecule has 1 aromatic rings. The van der Waals surface area contributed by atoms with Crippen molar-refractivity contribution in [1.82, 2.24) is 5.32 Å². The van der Waals surface area contributed by atoms with Crippen molar-refractivity contribution in [3.8, 4) is 0 Å². The number of hydrogen-bond acceptors (Lipinski definition) is 2. The fourth-order valence-electron chi connectivity index (χ4n) is 3.14. The van der Waals surface area contributed by atoms with Crippen LogP contribution in [-0.2, 0) is 0 Å². The van der Waals surface area contributed by atoms with Gasteiger partial charge in [-0.3, -0.25) is 4.79 Å². The molecule has 1 aliphatic rings. The van der Waals surface area contributed by atoms with Crippen LogP contribution in [0.15, 0.2) is 24.5 Å². The van der Waals surface area contributed by atoms with E-state index < -0.39 is 0 Å². The van der Waals surface area contributed by atoms with E-state index in [0.717, 1.165) is 18.8 Å². The Morgan fingerprint density at radius 2 is 1.86 bits per heavy atom.